The van der Waals surface area contributed by atoms with Crippen molar-refractivity contribution in [2.45, 2.75) is 26.0 Å². The first-order valence-corrected chi connectivity index (χ1v) is 5.05. The van der Waals surface area contributed by atoms with Crippen molar-refractivity contribution in [1.29, 1.82) is 0 Å². The van der Waals surface area contributed by atoms with E-state index < -0.39 is 5.60 Å². The van der Waals surface area contributed by atoms with Crippen LogP contribution in [0.25, 0.3) is 0 Å². The molecule has 0 bridgehead atoms. The predicted octanol–water partition coefficient (Wildman–Crippen LogP) is 1.56. The van der Waals surface area contributed by atoms with E-state index in [4.69, 9.17) is 0 Å². The third kappa shape index (κ3) is 2.14. The van der Waals surface area contributed by atoms with Crippen molar-refractivity contribution in [2.24, 2.45) is 0 Å². The molecule has 0 unspecified atom stereocenters. The zero-order valence-electron chi connectivity index (χ0n) is 8.83. The SMILES string of the molecule is Cc1ccc(CN2CC(C)(O)C2)cc1. The Morgan fingerprint density at radius 3 is 2.36 bits per heavy atom. The number of aryl methyl sites for hydroxylation is 1. The average Bonchev–Trinajstić information content (AvgIpc) is 2.06. The second-order valence-corrected chi connectivity index (χ2v) is 4.63. The number of nitrogens with zero attached hydrogens (tertiary/aromatic N) is 1. The summed E-state index contributed by atoms with van der Waals surface area (Å²) < 4.78 is 0. The van der Waals surface area contributed by atoms with E-state index in [1.807, 2.05) is 6.92 Å². The fourth-order valence-electron chi connectivity index (χ4n) is 1.98. The second kappa shape index (κ2) is 3.37. The lowest BCUT2D eigenvalue weighted by molar-refractivity contribution is -0.0871. The summed E-state index contributed by atoms with van der Waals surface area (Å²) in [7, 11) is 0. The molecular weight excluding hydrogens is 174 g/mol. The van der Waals surface area contributed by atoms with Crippen LogP contribution < -0.4 is 0 Å². The van der Waals surface area contributed by atoms with E-state index in [1.165, 1.54) is 11.1 Å². The fourth-order valence-corrected chi connectivity index (χ4v) is 1.98. The van der Waals surface area contributed by atoms with Crippen LogP contribution in [0, 0.1) is 6.92 Å². The standard InChI is InChI=1S/C12H17NO/c1-10-3-5-11(6-4-10)7-13-8-12(2,14)9-13/h3-6,14H,7-9H2,1-2H3. The molecule has 1 aromatic rings. The van der Waals surface area contributed by atoms with Gasteiger partial charge in [0.15, 0.2) is 0 Å². The minimum Gasteiger partial charge on any atom is -0.388 e. The van der Waals surface area contributed by atoms with Crippen LogP contribution in [0.5, 0.6) is 0 Å². The third-order valence-corrected chi connectivity index (χ3v) is 2.66. The maximum atomic E-state index is 9.56. The summed E-state index contributed by atoms with van der Waals surface area (Å²) in [6.07, 6.45) is 0. The van der Waals surface area contributed by atoms with Gasteiger partial charge >= 0.3 is 0 Å². The molecule has 1 aromatic carbocycles. The van der Waals surface area contributed by atoms with Crippen molar-refractivity contribution in [1.82, 2.24) is 4.90 Å². The lowest BCUT2D eigenvalue weighted by Crippen LogP contribution is -2.59. The van der Waals surface area contributed by atoms with E-state index in [1.54, 1.807) is 0 Å². The van der Waals surface area contributed by atoms with Gasteiger partial charge in [0.2, 0.25) is 0 Å². The van der Waals surface area contributed by atoms with E-state index in [2.05, 4.69) is 36.1 Å². The molecule has 0 spiro atoms. The number of β-amino-alcohol motifs (C(OH)–C–C–N with tert-alkyl or cyclic N) is 1. The molecule has 2 nitrogen and oxygen atoms in total. The van der Waals surface area contributed by atoms with Crippen LogP contribution in [-0.4, -0.2) is 28.7 Å². The summed E-state index contributed by atoms with van der Waals surface area (Å²) in [6.45, 7) is 6.52. The van der Waals surface area contributed by atoms with Crippen LogP contribution >= 0.6 is 0 Å². The van der Waals surface area contributed by atoms with Gasteiger partial charge in [0, 0.05) is 19.6 Å². The molecule has 76 valence electrons. The number of benzene rings is 1. The van der Waals surface area contributed by atoms with E-state index in [-0.39, 0.29) is 0 Å². The summed E-state index contributed by atoms with van der Waals surface area (Å²) in [5.41, 5.74) is 2.17. The van der Waals surface area contributed by atoms with Gasteiger partial charge in [0.05, 0.1) is 5.60 Å². The zero-order chi connectivity index (χ0) is 10.2. The highest BCUT2D eigenvalue weighted by Gasteiger charge is 2.35. The van der Waals surface area contributed by atoms with Crippen LogP contribution in [0.15, 0.2) is 24.3 Å². The molecule has 0 aliphatic carbocycles. The maximum Gasteiger partial charge on any atom is 0.0872 e. The molecule has 0 radical (unpaired) electrons. The second-order valence-electron chi connectivity index (χ2n) is 4.63. The number of hydrogen-bond acceptors (Lipinski definition) is 2. The quantitative estimate of drug-likeness (QED) is 0.767. The van der Waals surface area contributed by atoms with Crippen molar-refractivity contribution in [3.8, 4) is 0 Å². The highest BCUT2D eigenvalue weighted by Crippen LogP contribution is 2.21. The smallest absolute Gasteiger partial charge is 0.0872 e. The molecule has 2 heteroatoms. The normalized spacial score (nSPS) is 20.5. The Kier molecular flexibility index (Phi) is 2.33. The van der Waals surface area contributed by atoms with E-state index in [9.17, 15) is 5.11 Å². The molecule has 1 N–H and O–H groups in total. The summed E-state index contributed by atoms with van der Waals surface area (Å²) in [5.74, 6) is 0. The van der Waals surface area contributed by atoms with Crippen LogP contribution in [0.1, 0.15) is 18.1 Å². The lowest BCUT2D eigenvalue weighted by atomic mass is 9.96. The molecule has 14 heavy (non-hydrogen) atoms. The fraction of sp³-hybridized carbons (Fsp3) is 0.500. The zero-order valence-corrected chi connectivity index (χ0v) is 8.83. The van der Waals surface area contributed by atoms with Crippen molar-refractivity contribution < 1.29 is 5.11 Å². The monoisotopic (exact) mass is 191 g/mol. The number of rotatable bonds is 2. The van der Waals surface area contributed by atoms with Crippen LogP contribution in [0.3, 0.4) is 0 Å². The molecule has 0 atom stereocenters. The van der Waals surface area contributed by atoms with Gasteiger partial charge in [-0.15, -0.1) is 0 Å². The van der Waals surface area contributed by atoms with Crippen molar-refractivity contribution >= 4 is 0 Å². The highest BCUT2D eigenvalue weighted by atomic mass is 16.3. The lowest BCUT2D eigenvalue weighted by Gasteiger charge is -2.44. The number of likely N-dealkylation sites (tertiary alicyclic amines) is 1. The average molecular weight is 191 g/mol. The van der Waals surface area contributed by atoms with Crippen LogP contribution in [0.4, 0.5) is 0 Å². The Morgan fingerprint density at radius 1 is 1.29 bits per heavy atom. The van der Waals surface area contributed by atoms with Gasteiger partial charge in [-0.2, -0.15) is 0 Å². The molecule has 0 saturated carbocycles. The summed E-state index contributed by atoms with van der Waals surface area (Å²) in [5, 5.41) is 9.56. The Bertz CT molecular complexity index is 308. The first-order valence-electron chi connectivity index (χ1n) is 5.05. The molecule has 1 heterocycles. The van der Waals surface area contributed by atoms with E-state index in [0.717, 1.165) is 19.6 Å². The van der Waals surface area contributed by atoms with Gasteiger partial charge in [0.1, 0.15) is 0 Å². The molecule has 0 amide bonds. The van der Waals surface area contributed by atoms with Crippen LogP contribution in [-0.2, 0) is 6.54 Å². The predicted molar refractivity (Wildman–Crippen MR) is 57.1 cm³/mol. The Morgan fingerprint density at radius 2 is 1.86 bits per heavy atom. The minimum absolute atomic E-state index is 0.454. The van der Waals surface area contributed by atoms with Gasteiger partial charge < -0.3 is 5.11 Å². The molecule has 1 fully saturated rings. The number of aliphatic hydroxyl groups is 1. The van der Waals surface area contributed by atoms with Crippen molar-refractivity contribution in [3.05, 3.63) is 35.4 Å². The Labute approximate surface area is 85.2 Å². The highest BCUT2D eigenvalue weighted by molar-refractivity contribution is 5.21. The largest absolute Gasteiger partial charge is 0.388 e. The molecule has 2 rings (SSSR count). The molecular formula is C12H17NO. The van der Waals surface area contributed by atoms with Gasteiger partial charge in [-0.25, -0.2) is 0 Å². The Hall–Kier alpha value is -0.860. The Balaban J connectivity index is 1.90. The van der Waals surface area contributed by atoms with Crippen LogP contribution in [0.2, 0.25) is 0 Å². The first-order chi connectivity index (χ1) is 6.55. The minimum atomic E-state index is -0.454. The summed E-state index contributed by atoms with van der Waals surface area (Å²) in [6, 6.07) is 8.57. The van der Waals surface area contributed by atoms with Crippen molar-refractivity contribution in [2.75, 3.05) is 13.1 Å². The van der Waals surface area contributed by atoms with E-state index >= 15 is 0 Å². The van der Waals surface area contributed by atoms with Gasteiger partial charge in [-0.3, -0.25) is 4.90 Å². The topological polar surface area (TPSA) is 23.5 Å². The number of hydrogen-bond donors (Lipinski definition) is 1. The maximum absolute atomic E-state index is 9.56. The summed E-state index contributed by atoms with van der Waals surface area (Å²) in [4.78, 5) is 2.25. The van der Waals surface area contributed by atoms with Gasteiger partial charge in [-0.1, -0.05) is 29.8 Å². The molecule has 0 aromatic heterocycles. The first kappa shape index (κ1) is 9.69. The van der Waals surface area contributed by atoms with Gasteiger partial charge in [-0.05, 0) is 19.4 Å². The molecule has 1 aliphatic heterocycles. The third-order valence-electron chi connectivity index (χ3n) is 2.66. The molecule has 1 aliphatic rings. The van der Waals surface area contributed by atoms with Gasteiger partial charge in [0.25, 0.3) is 0 Å². The van der Waals surface area contributed by atoms with Crippen molar-refractivity contribution in [3.63, 3.8) is 0 Å². The van der Waals surface area contributed by atoms with E-state index in [0.29, 0.717) is 0 Å². The molecule has 1 saturated heterocycles. The summed E-state index contributed by atoms with van der Waals surface area (Å²) >= 11 is 0.